The van der Waals surface area contributed by atoms with Gasteiger partial charge in [0.25, 0.3) is 0 Å². The molecule has 0 atom stereocenters. The predicted molar refractivity (Wildman–Crippen MR) is 79.6 cm³/mol. The van der Waals surface area contributed by atoms with Crippen LogP contribution in [0.2, 0.25) is 0 Å². The van der Waals surface area contributed by atoms with Crippen LogP contribution in [0.4, 0.5) is 10.1 Å². The van der Waals surface area contributed by atoms with Gasteiger partial charge in [0.2, 0.25) is 0 Å². The predicted octanol–water partition coefficient (Wildman–Crippen LogP) is 4.17. The molecule has 0 amide bonds. The molecule has 0 fully saturated rings. The summed E-state index contributed by atoms with van der Waals surface area (Å²) in [6, 6.07) is 12.9. The fraction of sp³-hybridized carbons (Fsp3) is 0.0667. The van der Waals surface area contributed by atoms with Crippen molar-refractivity contribution in [1.29, 1.82) is 0 Å². The number of nitrogens with zero attached hydrogens (tertiary/aromatic N) is 1. The smallest absolute Gasteiger partial charge is 0.137 e. The summed E-state index contributed by atoms with van der Waals surface area (Å²) in [7, 11) is 0. The van der Waals surface area contributed by atoms with Gasteiger partial charge >= 0.3 is 0 Å². The summed E-state index contributed by atoms with van der Waals surface area (Å²) in [5, 5.41) is 1.09. The lowest BCUT2D eigenvalue weighted by Gasteiger charge is -2.08. The van der Waals surface area contributed by atoms with E-state index in [0.29, 0.717) is 11.0 Å². The Morgan fingerprint density at radius 2 is 2.00 bits per heavy atom. The summed E-state index contributed by atoms with van der Waals surface area (Å²) in [5.41, 5.74) is 8.51. The zero-order chi connectivity index (χ0) is 13.4. The Morgan fingerprint density at radius 3 is 2.84 bits per heavy atom. The second-order valence-electron chi connectivity index (χ2n) is 4.47. The van der Waals surface area contributed by atoms with Crippen molar-refractivity contribution in [3.05, 3.63) is 64.5 Å². The van der Waals surface area contributed by atoms with E-state index in [1.54, 1.807) is 6.07 Å². The Kier molecular flexibility index (Phi) is 3.03. The first-order valence-electron chi connectivity index (χ1n) is 5.92. The van der Waals surface area contributed by atoms with Gasteiger partial charge in [-0.1, -0.05) is 12.1 Å². The van der Waals surface area contributed by atoms with Gasteiger partial charge in [-0.25, -0.2) is 4.39 Å². The molecule has 0 unspecified atom stereocenters. The second kappa shape index (κ2) is 4.70. The molecular weight excluding hydrogens is 307 g/mol. The topological polar surface area (TPSA) is 30.9 Å². The Balaban J connectivity index is 2.04. The van der Waals surface area contributed by atoms with Gasteiger partial charge in [0.1, 0.15) is 5.82 Å². The molecule has 19 heavy (non-hydrogen) atoms. The number of hydrogen-bond donors (Lipinski definition) is 1. The highest BCUT2D eigenvalue weighted by molar-refractivity contribution is 9.10. The van der Waals surface area contributed by atoms with E-state index in [0.717, 1.165) is 22.2 Å². The molecule has 3 rings (SSSR count). The highest BCUT2D eigenvalue weighted by Crippen LogP contribution is 2.24. The molecule has 0 aliphatic heterocycles. The van der Waals surface area contributed by atoms with Gasteiger partial charge in [0, 0.05) is 29.3 Å². The lowest BCUT2D eigenvalue weighted by Crippen LogP contribution is -1.99. The zero-order valence-electron chi connectivity index (χ0n) is 10.1. The third-order valence-electron chi connectivity index (χ3n) is 3.17. The second-order valence-corrected chi connectivity index (χ2v) is 5.27. The Bertz CT molecular complexity index is 749. The summed E-state index contributed by atoms with van der Waals surface area (Å²) in [5.74, 6) is -0.238. The van der Waals surface area contributed by atoms with Crippen LogP contribution in [0.25, 0.3) is 10.9 Å². The normalized spacial score (nSPS) is 11.1. The molecular formula is C15H12BrFN2. The van der Waals surface area contributed by atoms with Crippen LogP contribution in [-0.4, -0.2) is 4.57 Å². The Morgan fingerprint density at radius 1 is 1.16 bits per heavy atom. The lowest BCUT2D eigenvalue weighted by atomic mass is 10.2. The minimum absolute atomic E-state index is 0.238. The van der Waals surface area contributed by atoms with E-state index in [9.17, 15) is 4.39 Å². The van der Waals surface area contributed by atoms with E-state index in [4.69, 9.17) is 5.73 Å². The summed E-state index contributed by atoms with van der Waals surface area (Å²) >= 11 is 3.29. The Labute approximate surface area is 118 Å². The van der Waals surface area contributed by atoms with Crippen molar-refractivity contribution < 1.29 is 4.39 Å². The van der Waals surface area contributed by atoms with E-state index >= 15 is 0 Å². The average Bonchev–Trinajstić information content (AvgIpc) is 2.77. The van der Waals surface area contributed by atoms with Crippen LogP contribution < -0.4 is 5.73 Å². The maximum absolute atomic E-state index is 13.5. The summed E-state index contributed by atoms with van der Waals surface area (Å²) in [4.78, 5) is 0. The van der Waals surface area contributed by atoms with Crippen molar-refractivity contribution in [3.63, 3.8) is 0 Å². The summed E-state index contributed by atoms with van der Waals surface area (Å²) in [6.45, 7) is 0.617. The highest BCUT2D eigenvalue weighted by atomic mass is 79.9. The maximum atomic E-state index is 13.5. The molecule has 0 aliphatic carbocycles. The number of aromatic nitrogens is 1. The number of halogens is 2. The maximum Gasteiger partial charge on any atom is 0.137 e. The lowest BCUT2D eigenvalue weighted by molar-refractivity contribution is 0.616. The number of hydrogen-bond acceptors (Lipinski definition) is 1. The third-order valence-corrected chi connectivity index (χ3v) is 4.06. The zero-order valence-corrected chi connectivity index (χ0v) is 11.7. The van der Waals surface area contributed by atoms with Gasteiger partial charge < -0.3 is 10.3 Å². The van der Waals surface area contributed by atoms with Crippen molar-refractivity contribution in [2.75, 3.05) is 5.73 Å². The molecule has 0 saturated heterocycles. The van der Waals surface area contributed by atoms with Crippen molar-refractivity contribution in [1.82, 2.24) is 4.57 Å². The Hall–Kier alpha value is -1.81. The standard InChI is InChI=1S/C15H12BrFN2/c16-15-11(2-1-3-13(15)17)9-19-7-6-10-8-12(18)4-5-14(10)19/h1-8H,9,18H2. The molecule has 0 radical (unpaired) electrons. The minimum atomic E-state index is -0.238. The molecule has 4 heteroatoms. The molecule has 1 aromatic heterocycles. The molecule has 0 spiro atoms. The quantitative estimate of drug-likeness (QED) is 0.706. The van der Waals surface area contributed by atoms with Crippen LogP contribution in [-0.2, 0) is 6.54 Å². The SMILES string of the molecule is Nc1ccc2c(ccn2Cc2cccc(F)c2Br)c1. The number of nitrogen functional groups attached to an aromatic ring is 1. The number of nitrogens with two attached hydrogens (primary N) is 1. The van der Waals surface area contributed by atoms with Crippen molar-refractivity contribution in [3.8, 4) is 0 Å². The van der Waals surface area contributed by atoms with Crippen LogP contribution in [0.1, 0.15) is 5.56 Å². The van der Waals surface area contributed by atoms with E-state index in [1.807, 2.05) is 36.5 Å². The van der Waals surface area contributed by atoms with Crippen LogP contribution in [0.5, 0.6) is 0 Å². The van der Waals surface area contributed by atoms with E-state index in [2.05, 4.69) is 20.5 Å². The monoisotopic (exact) mass is 318 g/mol. The van der Waals surface area contributed by atoms with Gasteiger partial charge in [-0.2, -0.15) is 0 Å². The molecule has 96 valence electrons. The van der Waals surface area contributed by atoms with Gasteiger partial charge in [0.15, 0.2) is 0 Å². The first-order valence-corrected chi connectivity index (χ1v) is 6.72. The van der Waals surface area contributed by atoms with Gasteiger partial charge in [-0.05, 0) is 51.8 Å². The van der Waals surface area contributed by atoms with Crippen LogP contribution in [0.3, 0.4) is 0 Å². The molecule has 3 aromatic rings. The first kappa shape index (κ1) is 12.2. The molecule has 2 nitrogen and oxygen atoms in total. The van der Waals surface area contributed by atoms with Gasteiger partial charge in [0.05, 0.1) is 4.47 Å². The molecule has 2 aromatic carbocycles. The highest BCUT2D eigenvalue weighted by Gasteiger charge is 2.07. The molecule has 2 N–H and O–H groups in total. The van der Waals surface area contributed by atoms with E-state index in [-0.39, 0.29) is 5.82 Å². The summed E-state index contributed by atoms with van der Waals surface area (Å²) in [6.07, 6.45) is 1.99. The number of fused-ring (bicyclic) bond motifs is 1. The third kappa shape index (κ3) is 2.24. The molecule has 0 aliphatic rings. The van der Waals surface area contributed by atoms with Crippen LogP contribution in [0.15, 0.2) is 53.1 Å². The fourth-order valence-electron chi connectivity index (χ4n) is 2.21. The van der Waals surface area contributed by atoms with Crippen molar-refractivity contribution >= 4 is 32.5 Å². The average molecular weight is 319 g/mol. The molecule has 1 heterocycles. The first-order chi connectivity index (χ1) is 9.15. The summed E-state index contributed by atoms with van der Waals surface area (Å²) < 4.78 is 16.1. The van der Waals surface area contributed by atoms with Crippen LogP contribution >= 0.6 is 15.9 Å². The van der Waals surface area contributed by atoms with Crippen LogP contribution in [0, 0.1) is 5.82 Å². The minimum Gasteiger partial charge on any atom is -0.399 e. The van der Waals surface area contributed by atoms with Crippen molar-refractivity contribution in [2.24, 2.45) is 0 Å². The van der Waals surface area contributed by atoms with Gasteiger partial charge in [-0.3, -0.25) is 0 Å². The molecule has 0 bridgehead atoms. The van der Waals surface area contributed by atoms with E-state index in [1.165, 1.54) is 6.07 Å². The number of anilines is 1. The largest absolute Gasteiger partial charge is 0.399 e. The van der Waals surface area contributed by atoms with Crippen molar-refractivity contribution in [2.45, 2.75) is 6.54 Å². The number of rotatable bonds is 2. The number of benzene rings is 2. The molecule has 0 saturated carbocycles. The fourth-order valence-corrected chi connectivity index (χ4v) is 2.60. The van der Waals surface area contributed by atoms with Gasteiger partial charge in [-0.15, -0.1) is 0 Å². The van der Waals surface area contributed by atoms with E-state index < -0.39 is 0 Å².